The lowest BCUT2D eigenvalue weighted by atomic mass is 9.78. The molecular formula is C24H40N2O9. The Bertz CT molecular complexity index is 798. The molecular weight excluding hydrogens is 460 g/mol. The number of aliphatic hydroxyl groups excluding tert-OH is 1. The van der Waals surface area contributed by atoms with Gasteiger partial charge in [0.15, 0.2) is 23.1 Å². The number of fused-ring (bicyclic) bond motifs is 6. The Morgan fingerprint density at radius 1 is 0.486 bits per heavy atom. The van der Waals surface area contributed by atoms with Gasteiger partial charge in [0.05, 0.1) is 18.1 Å². The summed E-state index contributed by atoms with van der Waals surface area (Å²) in [4.78, 5) is 0. The first-order chi connectivity index (χ1) is 16.1. The average Bonchev–Trinajstić information content (AvgIpc) is 3.40. The molecule has 11 nitrogen and oxygen atoms in total. The normalized spacial score (nSPS) is 54.7. The maximum absolute atomic E-state index is 11.5. The molecule has 0 bridgehead atoms. The summed E-state index contributed by atoms with van der Waals surface area (Å²) in [6.45, 7) is 14.9. The van der Waals surface area contributed by atoms with E-state index >= 15 is 0 Å². The molecule has 6 aliphatic rings. The highest BCUT2D eigenvalue weighted by atomic mass is 16.8. The van der Waals surface area contributed by atoms with Crippen molar-refractivity contribution in [3.63, 3.8) is 0 Å². The van der Waals surface area contributed by atoms with Crippen molar-refractivity contribution in [2.75, 3.05) is 0 Å². The van der Waals surface area contributed by atoms with Gasteiger partial charge in [-0.3, -0.25) is 0 Å². The highest BCUT2D eigenvalue weighted by Crippen LogP contribution is 2.47. The Labute approximate surface area is 206 Å². The monoisotopic (exact) mass is 500 g/mol. The number of nitrogens with one attached hydrogen (secondary N) is 1. The fourth-order valence-corrected chi connectivity index (χ4v) is 6.85. The van der Waals surface area contributed by atoms with E-state index in [0.717, 1.165) is 0 Å². The van der Waals surface area contributed by atoms with Crippen molar-refractivity contribution in [3.8, 4) is 0 Å². The van der Waals surface area contributed by atoms with E-state index in [4.69, 9.17) is 43.6 Å². The molecule has 6 rings (SSSR count). The van der Waals surface area contributed by atoms with E-state index in [-0.39, 0.29) is 12.2 Å². The molecule has 12 atom stereocenters. The highest BCUT2D eigenvalue weighted by Gasteiger charge is 2.66. The van der Waals surface area contributed by atoms with Crippen LogP contribution < -0.4 is 11.1 Å². The largest absolute Gasteiger partial charge is 0.389 e. The Morgan fingerprint density at radius 2 is 0.800 bits per heavy atom. The maximum Gasteiger partial charge on any atom is 0.164 e. The molecule has 0 amide bonds. The second kappa shape index (κ2) is 7.57. The number of aliphatic hydroxyl groups is 1. The molecule has 0 radical (unpaired) electrons. The first kappa shape index (κ1) is 24.9. The van der Waals surface area contributed by atoms with Gasteiger partial charge in [-0.25, -0.2) is 0 Å². The topological polar surface area (TPSA) is 132 Å². The standard InChI is InChI=1S/C24H40N2O9/c1-21(2)28-13-9(25)10(14-18(17(13)32-21)33-22(3,4)29-14)26-11-12(27)16-20(35-24(7,8)31-16)19-15(11)30-23(5,6)34-19/h9-20,26-27H,25H2,1-8H3/t9-,10-,11-,12-,13+,14+,15+,16+,17+,18+,19+,20+/m1/s1. The second-order valence-electron chi connectivity index (χ2n) is 12.5. The van der Waals surface area contributed by atoms with E-state index in [1.165, 1.54) is 0 Å². The molecule has 0 spiro atoms. The van der Waals surface area contributed by atoms with Crippen LogP contribution in [0.1, 0.15) is 55.4 Å². The number of rotatable bonds is 2. The lowest BCUT2D eigenvalue weighted by Crippen LogP contribution is -2.74. The van der Waals surface area contributed by atoms with Crippen molar-refractivity contribution >= 4 is 0 Å². The van der Waals surface area contributed by atoms with Gasteiger partial charge in [0.25, 0.3) is 0 Å². The number of hydrogen-bond acceptors (Lipinski definition) is 11. The van der Waals surface area contributed by atoms with Crippen molar-refractivity contribution < 1.29 is 43.0 Å². The summed E-state index contributed by atoms with van der Waals surface area (Å²) in [6, 6.07) is -1.46. The van der Waals surface area contributed by atoms with Crippen molar-refractivity contribution in [3.05, 3.63) is 0 Å². The zero-order chi connectivity index (χ0) is 25.3. The molecule has 0 aromatic carbocycles. The summed E-state index contributed by atoms with van der Waals surface area (Å²) in [5, 5.41) is 15.1. The van der Waals surface area contributed by atoms with Gasteiger partial charge in [-0.1, -0.05) is 0 Å². The van der Waals surface area contributed by atoms with Crippen LogP contribution in [0.15, 0.2) is 0 Å². The lowest BCUT2D eigenvalue weighted by molar-refractivity contribution is -0.179. The van der Waals surface area contributed by atoms with Crippen LogP contribution in [0.3, 0.4) is 0 Å². The molecule has 4 N–H and O–H groups in total. The van der Waals surface area contributed by atoms with Crippen LogP contribution in [-0.2, 0) is 37.9 Å². The van der Waals surface area contributed by atoms with Crippen LogP contribution in [0.5, 0.6) is 0 Å². The van der Waals surface area contributed by atoms with Crippen molar-refractivity contribution in [2.45, 2.75) is 152 Å². The van der Waals surface area contributed by atoms with Gasteiger partial charge < -0.3 is 54.1 Å². The fraction of sp³-hybridized carbons (Fsp3) is 1.00. The van der Waals surface area contributed by atoms with Gasteiger partial charge in [0.2, 0.25) is 0 Å². The number of ether oxygens (including phenoxy) is 8. The molecule has 35 heavy (non-hydrogen) atoms. The number of nitrogens with two attached hydrogens (primary N) is 1. The Kier molecular flexibility index (Phi) is 5.38. The molecule has 6 fully saturated rings. The summed E-state index contributed by atoms with van der Waals surface area (Å²) in [7, 11) is 0. The van der Waals surface area contributed by atoms with Crippen LogP contribution in [0.25, 0.3) is 0 Å². The average molecular weight is 501 g/mol. The predicted octanol–water partition coefficient (Wildman–Crippen LogP) is 0.109. The predicted molar refractivity (Wildman–Crippen MR) is 120 cm³/mol. The van der Waals surface area contributed by atoms with Crippen LogP contribution in [-0.4, -0.2) is 101 Å². The molecule has 200 valence electrons. The van der Waals surface area contributed by atoms with Crippen LogP contribution in [0, 0.1) is 0 Å². The molecule has 4 heterocycles. The molecule has 2 aliphatic carbocycles. The Balaban J connectivity index is 1.32. The number of hydrogen-bond donors (Lipinski definition) is 3. The third kappa shape index (κ3) is 3.99. The van der Waals surface area contributed by atoms with E-state index in [9.17, 15) is 5.11 Å². The lowest BCUT2D eigenvalue weighted by Gasteiger charge is -2.47. The minimum Gasteiger partial charge on any atom is -0.389 e. The van der Waals surface area contributed by atoms with Crippen molar-refractivity contribution in [1.82, 2.24) is 5.32 Å². The molecule has 0 unspecified atom stereocenters. The molecule has 0 aromatic heterocycles. The Morgan fingerprint density at radius 3 is 1.29 bits per heavy atom. The summed E-state index contributed by atoms with van der Waals surface area (Å²) < 4.78 is 49.9. The van der Waals surface area contributed by atoms with E-state index in [0.29, 0.717) is 0 Å². The van der Waals surface area contributed by atoms with Gasteiger partial charge in [-0.15, -0.1) is 0 Å². The summed E-state index contributed by atoms with van der Waals surface area (Å²) in [5.74, 6) is -3.31. The van der Waals surface area contributed by atoms with Crippen molar-refractivity contribution in [2.24, 2.45) is 5.73 Å². The maximum atomic E-state index is 11.5. The van der Waals surface area contributed by atoms with E-state index in [1.807, 2.05) is 55.4 Å². The first-order valence-electron chi connectivity index (χ1n) is 12.7. The minimum atomic E-state index is -0.934. The SMILES string of the molecule is CC1(C)O[C@@H]2[C@H]3OC(C)(C)O[C@H]3[C@H](N[C@@H]3[C@@H](O)[C@@H]4OC(C)(C)O[C@@H]4[C@H]4OC(C)(C)O[C@@H]34)[C@@H](N)[C@@H]2O1. The van der Waals surface area contributed by atoms with Crippen LogP contribution in [0.4, 0.5) is 0 Å². The molecule has 2 saturated carbocycles. The fourth-order valence-electron chi connectivity index (χ4n) is 6.85. The van der Waals surface area contributed by atoms with Gasteiger partial charge in [-0.05, 0) is 55.4 Å². The van der Waals surface area contributed by atoms with Crippen LogP contribution >= 0.6 is 0 Å². The van der Waals surface area contributed by atoms with E-state index in [2.05, 4.69) is 5.32 Å². The van der Waals surface area contributed by atoms with Gasteiger partial charge in [0.1, 0.15) is 54.9 Å². The minimum absolute atomic E-state index is 0.365. The first-order valence-corrected chi connectivity index (χ1v) is 12.7. The molecule has 4 aliphatic heterocycles. The smallest absolute Gasteiger partial charge is 0.164 e. The summed E-state index contributed by atoms with van der Waals surface area (Å²) >= 11 is 0. The van der Waals surface area contributed by atoms with Gasteiger partial charge >= 0.3 is 0 Å². The second-order valence-corrected chi connectivity index (χ2v) is 12.5. The van der Waals surface area contributed by atoms with Gasteiger partial charge in [-0.2, -0.15) is 0 Å². The van der Waals surface area contributed by atoms with Gasteiger partial charge in [0, 0.05) is 0 Å². The van der Waals surface area contributed by atoms with E-state index < -0.39 is 84.0 Å². The van der Waals surface area contributed by atoms with E-state index in [1.54, 1.807) is 0 Å². The zero-order valence-corrected chi connectivity index (χ0v) is 21.7. The third-order valence-electron chi connectivity index (χ3n) is 7.89. The van der Waals surface area contributed by atoms with Crippen molar-refractivity contribution in [1.29, 1.82) is 0 Å². The molecule has 0 aromatic rings. The zero-order valence-electron chi connectivity index (χ0n) is 21.7. The Hall–Kier alpha value is -0.440. The summed E-state index contributed by atoms with van der Waals surface area (Å²) in [5.41, 5.74) is 6.82. The molecule has 11 heteroatoms. The molecule has 4 saturated heterocycles. The van der Waals surface area contributed by atoms with Crippen LogP contribution in [0.2, 0.25) is 0 Å². The third-order valence-corrected chi connectivity index (χ3v) is 7.89. The summed E-state index contributed by atoms with van der Waals surface area (Å²) in [6.07, 6.45) is -4.49. The highest BCUT2D eigenvalue weighted by molar-refractivity contribution is 5.16. The quantitative estimate of drug-likeness (QED) is 0.477.